The van der Waals surface area contributed by atoms with Gasteiger partial charge in [-0.2, -0.15) is 0 Å². The molecule has 0 saturated carbocycles. The van der Waals surface area contributed by atoms with Crippen LogP contribution >= 0.6 is 0 Å². The fraction of sp³-hybridized carbons (Fsp3) is 1.00. The Morgan fingerprint density at radius 1 is 1.06 bits per heavy atom. The van der Waals surface area contributed by atoms with Gasteiger partial charge in [0.2, 0.25) is 0 Å². The highest BCUT2D eigenvalue weighted by Crippen LogP contribution is 2.20. The van der Waals surface area contributed by atoms with E-state index >= 15 is 0 Å². The number of hydrogen-bond donors (Lipinski definition) is 2. The maximum Gasteiger partial charge on any atom is 0.0743 e. The molecule has 0 amide bonds. The molecule has 0 aromatic carbocycles. The molecule has 16 heavy (non-hydrogen) atoms. The van der Waals surface area contributed by atoms with Crippen LogP contribution in [0.1, 0.15) is 61.3 Å². The molecular formula is C14H31NO. The zero-order valence-electron chi connectivity index (χ0n) is 12.2. The van der Waals surface area contributed by atoms with E-state index in [2.05, 4.69) is 46.9 Å². The molecule has 0 fully saturated rings. The summed E-state index contributed by atoms with van der Waals surface area (Å²) in [7, 11) is 0. The predicted octanol–water partition coefficient (Wildman–Crippen LogP) is 3.20. The van der Waals surface area contributed by atoms with Gasteiger partial charge in [-0.3, -0.25) is 0 Å². The Labute approximate surface area is 102 Å². The molecule has 0 rings (SSSR count). The van der Waals surface area contributed by atoms with E-state index < -0.39 is 5.60 Å². The van der Waals surface area contributed by atoms with Crippen molar-refractivity contribution >= 4 is 0 Å². The maximum atomic E-state index is 10.2. The molecular weight excluding hydrogens is 198 g/mol. The van der Waals surface area contributed by atoms with Crippen LogP contribution in [0.25, 0.3) is 0 Å². The highest BCUT2D eigenvalue weighted by molar-refractivity contribution is 4.82. The number of rotatable bonds is 6. The fourth-order valence-electron chi connectivity index (χ4n) is 1.37. The van der Waals surface area contributed by atoms with Gasteiger partial charge >= 0.3 is 0 Å². The highest BCUT2D eigenvalue weighted by atomic mass is 16.3. The number of hydrogen-bond acceptors (Lipinski definition) is 2. The van der Waals surface area contributed by atoms with Crippen LogP contribution < -0.4 is 5.32 Å². The molecule has 0 radical (unpaired) electrons. The summed E-state index contributed by atoms with van der Waals surface area (Å²) in [6.07, 6.45) is 1.95. The van der Waals surface area contributed by atoms with Crippen LogP contribution in [0.5, 0.6) is 0 Å². The largest absolute Gasteiger partial charge is 0.389 e. The lowest BCUT2D eigenvalue weighted by molar-refractivity contribution is 0.0389. The molecule has 2 N–H and O–H groups in total. The van der Waals surface area contributed by atoms with Crippen LogP contribution in [-0.2, 0) is 0 Å². The van der Waals surface area contributed by atoms with Gasteiger partial charge in [0, 0.05) is 12.6 Å². The molecule has 0 aliphatic heterocycles. The topological polar surface area (TPSA) is 32.3 Å². The quantitative estimate of drug-likeness (QED) is 0.733. The summed E-state index contributed by atoms with van der Waals surface area (Å²) in [4.78, 5) is 0. The molecule has 0 saturated heterocycles. The molecule has 2 unspecified atom stereocenters. The van der Waals surface area contributed by atoms with E-state index in [4.69, 9.17) is 0 Å². The Bertz CT molecular complexity index is 191. The van der Waals surface area contributed by atoms with E-state index in [-0.39, 0.29) is 5.41 Å². The van der Waals surface area contributed by atoms with Crippen LogP contribution in [0, 0.1) is 11.3 Å². The normalized spacial score (nSPS) is 18.6. The SMILES string of the molecule is CC(C)CCC(C)(O)CNC(C)C(C)(C)C. The first-order valence-electron chi connectivity index (χ1n) is 6.50. The molecule has 0 aromatic rings. The molecule has 2 nitrogen and oxygen atoms in total. The summed E-state index contributed by atoms with van der Waals surface area (Å²) in [5.74, 6) is 0.659. The molecule has 2 heteroatoms. The van der Waals surface area contributed by atoms with Crippen molar-refractivity contribution < 1.29 is 5.11 Å². The summed E-state index contributed by atoms with van der Waals surface area (Å²) in [5, 5.41) is 13.7. The van der Waals surface area contributed by atoms with Gasteiger partial charge in [0.1, 0.15) is 0 Å². The average Bonchev–Trinajstić information content (AvgIpc) is 2.10. The zero-order valence-corrected chi connectivity index (χ0v) is 12.2. The van der Waals surface area contributed by atoms with Crippen molar-refractivity contribution in [3.05, 3.63) is 0 Å². The van der Waals surface area contributed by atoms with Crippen molar-refractivity contribution in [2.45, 2.75) is 73.0 Å². The molecule has 2 atom stereocenters. The lowest BCUT2D eigenvalue weighted by Gasteiger charge is -2.32. The molecule has 98 valence electrons. The monoisotopic (exact) mass is 229 g/mol. The first-order chi connectivity index (χ1) is 7.04. The Balaban J connectivity index is 3.99. The minimum absolute atomic E-state index is 0.244. The number of aliphatic hydroxyl groups is 1. The van der Waals surface area contributed by atoms with Crippen molar-refractivity contribution in [2.24, 2.45) is 11.3 Å². The second kappa shape index (κ2) is 6.02. The standard InChI is InChI=1S/C14H31NO/c1-11(2)8-9-14(7,16)10-15-12(3)13(4,5)6/h11-12,15-16H,8-10H2,1-7H3. The Hall–Kier alpha value is -0.0800. The second-order valence-corrected chi connectivity index (χ2v) is 6.90. The van der Waals surface area contributed by atoms with Gasteiger partial charge in [0.15, 0.2) is 0 Å². The van der Waals surface area contributed by atoms with Gasteiger partial charge in [0.05, 0.1) is 5.60 Å². The van der Waals surface area contributed by atoms with Crippen LogP contribution in [0.2, 0.25) is 0 Å². The van der Waals surface area contributed by atoms with Crippen LogP contribution in [0.3, 0.4) is 0 Å². The highest BCUT2D eigenvalue weighted by Gasteiger charge is 2.25. The smallest absolute Gasteiger partial charge is 0.0743 e. The predicted molar refractivity (Wildman–Crippen MR) is 71.6 cm³/mol. The lowest BCUT2D eigenvalue weighted by atomic mass is 9.87. The third kappa shape index (κ3) is 7.24. The van der Waals surface area contributed by atoms with Crippen molar-refractivity contribution in [2.75, 3.05) is 6.54 Å². The summed E-state index contributed by atoms with van der Waals surface area (Å²) in [6.45, 7) is 15.8. The van der Waals surface area contributed by atoms with Crippen LogP contribution in [0.15, 0.2) is 0 Å². The maximum absolute atomic E-state index is 10.2. The van der Waals surface area contributed by atoms with E-state index in [0.29, 0.717) is 18.5 Å². The van der Waals surface area contributed by atoms with Crippen LogP contribution in [-0.4, -0.2) is 23.3 Å². The van der Waals surface area contributed by atoms with Gasteiger partial charge in [-0.05, 0) is 38.0 Å². The third-order valence-corrected chi connectivity index (χ3v) is 3.35. The van der Waals surface area contributed by atoms with Crippen LogP contribution in [0.4, 0.5) is 0 Å². The molecule has 0 aromatic heterocycles. The molecule has 0 aliphatic rings. The minimum atomic E-state index is -0.580. The zero-order chi connectivity index (χ0) is 13.0. The number of nitrogens with one attached hydrogen (secondary N) is 1. The summed E-state index contributed by atoms with van der Waals surface area (Å²) < 4.78 is 0. The van der Waals surface area contributed by atoms with Gasteiger partial charge in [0.25, 0.3) is 0 Å². The summed E-state index contributed by atoms with van der Waals surface area (Å²) >= 11 is 0. The Morgan fingerprint density at radius 2 is 1.56 bits per heavy atom. The summed E-state index contributed by atoms with van der Waals surface area (Å²) in [5.41, 5.74) is -0.335. The fourth-order valence-corrected chi connectivity index (χ4v) is 1.37. The van der Waals surface area contributed by atoms with Gasteiger partial charge in [-0.1, -0.05) is 34.6 Å². The third-order valence-electron chi connectivity index (χ3n) is 3.35. The van der Waals surface area contributed by atoms with Gasteiger partial charge in [-0.25, -0.2) is 0 Å². The van der Waals surface area contributed by atoms with Crippen molar-refractivity contribution in [3.63, 3.8) is 0 Å². The summed E-state index contributed by atoms with van der Waals surface area (Å²) in [6, 6.07) is 0.415. The first kappa shape index (κ1) is 15.9. The van der Waals surface area contributed by atoms with E-state index in [1.165, 1.54) is 0 Å². The van der Waals surface area contributed by atoms with Crippen molar-refractivity contribution in [3.8, 4) is 0 Å². The van der Waals surface area contributed by atoms with Gasteiger partial charge < -0.3 is 10.4 Å². The Morgan fingerprint density at radius 3 is 1.94 bits per heavy atom. The van der Waals surface area contributed by atoms with E-state index in [0.717, 1.165) is 12.8 Å². The first-order valence-corrected chi connectivity index (χ1v) is 6.50. The molecule has 0 heterocycles. The minimum Gasteiger partial charge on any atom is -0.389 e. The Kier molecular flexibility index (Phi) is 5.99. The average molecular weight is 229 g/mol. The van der Waals surface area contributed by atoms with Crippen molar-refractivity contribution in [1.82, 2.24) is 5.32 Å². The van der Waals surface area contributed by atoms with E-state index in [1.807, 2.05) is 6.92 Å². The molecule has 0 spiro atoms. The lowest BCUT2D eigenvalue weighted by Crippen LogP contribution is -2.46. The van der Waals surface area contributed by atoms with Crippen molar-refractivity contribution in [1.29, 1.82) is 0 Å². The van der Waals surface area contributed by atoms with Gasteiger partial charge in [-0.15, -0.1) is 0 Å². The van der Waals surface area contributed by atoms with E-state index in [9.17, 15) is 5.11 Å². The molecule has 0 aliphatic carbocycles. The molecule has 0 bridgehead atoms. The van der Waals surface area contributed by atoms with E-state index in [1.54, 1.807) is 0 Å². The second-order valence-electron chi connectivity index (χ2n) is 6.90.